The van der Waals surface area contributed by atoms with E-state index in [1.165, 1.54) is 7.11 Å². The van der Waals surface area contributed by atoms with E-state index >= 15 is 0 Å². The number of alkyl carbamates (subject to hydrolysis) is 1. The molecule has 1 aliphatic carbocycles. The van der Waals surface area contributed by atoms with Gasteiger partial charge in [-0.15, -0.1) is 0 Å². The molecule has 0 spiro atoms. The van der Waals surface area contributed by atoms with Gasteiger partial charge in [0.25, 0.3) is 0 Å². The predicted molar refractivity (Wildman–Crippen MR) is 77.9 cm³/mol. The third-order valence-electron chi connectivity index (χ3n) is 3.39. The lowest BCUT2D eigenvalue weighted by molar-refractivity contribution is -0.142. The Morgan fingerprint density at radius 1 is 1.19 bits per heavy atom. The number of carbonyl (C=O) groups excluding carboxylic acids is 2. The average Bonchev–Trinajstić information content (AvgIpc) is 2.75. The van der Waals surface area contributed by atoms with Crippen LogP contribution in [0.2, 0.25) is 0 Å². The smallest absolute Gasteiger partial charge is 0.408 e. The third-order valence-corrected chi connectivity index (χ3v) is 3.39. The van der Waals surface area contributed by atoms with Gasteiger partial charge in [-0.05, 0) is 38.3 Å². The number of carbonyl (C=O) groups is 2. The van der Waals surface area contributed by atoms with Gasteiger partial charge in [0.1, 0.15) is 5.60 Å². The molecule has 0 radical (unpaired) electrons. The van der Waals surface area contributed by atoms with Gasteiger partial charge in [0, 0.05) is 0 Å². The fourth-order valence-electron chi connectivity index (χ4n) is 2.59. The molecule has 0 saturated heterocycles. The van der Waals surface area contributed by atoms with Crippen LogP contribution in [0.1, 0.15) is 50.3 Å². The second-order valence-electron chi connectivity index (χ2n) is 6.14. The predicted octanol–water partition coefficient (Wildman–Crippen LogP) is 2.91. The Kier molecular flexibility index (Phi) is 4.21. The van der Waals surface area contributed by atoms with Crippen molar-refractivity contribution >= 4 is 12.1 Å². The Morgan fingerprint density at radius 2 is 1.81 bits per heavy atom. The molecule has 5 nitrogen and oxygen atoms in total. The van der Waals surface area contributed by atoms with Crippen LogP contribution in [0.15, 0.2) is 24.3 Å². The molecule has 1 amide bonds. The summed E-state index contributed by atoms with van der Waals surface area (Å²) in [6.07, 6.45) is 0.0125. The van der Waals surface area contributed by atoms with Crippen molar-refractivity contribution in [2.75, 3.05) is 7.11 Å². The minimum Gasteiger partial charge on any atom is -0.469 e. The van der Waals surface area contributed by atoms with Gasteiger partial charge in [-0.1, -0.05) is 24.3 Å². The van der Waals surface area contributed by atoms with Gasteiger partial charge in [0.15, 0.2) is 0 Å². The lowest BCUT2D eigenvalue weighted by Gasteiger charge is -2.22. The van der Waals surface area contributed by atoms with Crippen molar-refractivity contribution in [3.05, 3.63) is 35.4 Å². The molecule has 1 aromatic rings. The summed E-state index contributed by atoms with van der Waals surface area (Å²) < 4.78 is 10.1. The highest BCUT2D eigenvalue weighted by Gasteiger charge is 2.37. The summed E-state index contributed by atoms with van der Waals surface area (Å²) in [6.45, 7) is 5.44. The summed E-state index contributed by atoms with van der Waals surface area (Å²) in [6, 6.07) is 7.35. The Labute approximate surface area is 124 Å². The molecular weight excluding hydrogens is 270 g/mol. The van der Waals surface area contributed by atoms with E-state index in [1.54, 1.807) is 0 Å². The van der Waals surface area contributed by atoms with Gasteiger partial charge in [0.05, 0.1) is 19.1 Å². The molecule has 114 valence electrons. The summed E-state index contributed by atoms with van der Waals surface area (Å²) >= 11 is 0. The molecule has 0 unspecified atom stereocenters. The van der Waals surface area contributed by atoms with Gasteiger partial charge in [-0.2, -0.15) is 0 Å². The topological polar surface area (TPSA) is 64.6 Å². The van der Waals surface area contributed by atoms with E-state index in [2.05, 4.69) is 5.32 Å². The van der Waals surface area contributed by atoms with Crippen molar-refractivity contribution < 1.29 is 19.1 Å². The van der Waals surface area contributed by atoms with E-state index < -0.39 is 11.7 Å². The summed E-state index contributed by atoms with van der Waals surface area (Å²) in [5, 5.41) is 2.83. The minimum absolute atomic E-state index is 0.236. The number of ether oxygens (including phenoxy) is 2. The molecule has 1 N–H and O–H groups in total. The maximum absolute atomic E-state index is 11.9. The summed E-state index contributed by atoms with van der Waals surface area (Å²) in [4.78, 5) is 23.8. The highest BCUT2D eigenvalue weighted by Crippen LogP contribution is 2.40. The van der Waals surface area contributed by atoms with Crippen LogP contribution in [-0.4, -0.2) is 24.8 Å². The van der Waals surface area contributed by atoms with Crippen molar-refractivity contribution in [1.29, 1.82) is 0 Å². The number of hydrogen-bond acceptors (Lipinski definition) is 4. The molecule has 0 aliphatic heterocycles. The van der Waals surface area contributed by atoms with E-state index in [0.717, 1.165) is 11.1 Å². The largest absolute Gasteiger partial charge is 0.469 e. The van der Waals surface area contributed by atoms with Crippen molar-refractivity contribution in [1.82, 2.24) is 5.32 Å². The SMILES string of the molecule is COC(=O)[C@@H]1C[C@@H](NC(=O)OC(C)(C)C)c2ccccc21. The molecule has 0 aromatic heterocycles. The van der Waals surface area contributed by atoms with Gasteiger partial charge in [-0.3, -0.25) is 4.79 Å². The van der Waals surface area contributed by atoms with Crippen LogP contribution in [-0.2, 0) is 14.3 Å². The molecule has 21 heavy (non-hydrogen) atoms. The quantitative estimate of drug-likeness (QED) is 0.851. The lowest BCUT2D eigenvalue weighted by Crippen LogP contribution is -2.34. The first-order valence-corrected chi connectivity index (χ1v) is 6.98. The Morgan fingerprint density at radius 3 is 2.38 bits per heavy atom. The molecule has 0 fully saturated rings. The maximum atomic E-state index is 11.9. The third kappa shape index (κ3) is 3.54. The molecule has 2 rings (SSSR count). The normalized spacial score (nSPS) is 20.6. The second-order valence-corrected chi connectivity index (χ2v) is 6.14. The first kappa shape index (κ1) is 15.4. The van der Waals surface area contributed by atoms with Gasteiger partial charge in [-0.25, -0.2) is 4.79 Å². The molecule has 2 atom stereocenters. The number of hydrogen-bond donors (Lipinski definition) is 1. The number of amides is 1. The first-order valence-electron chi connectivity index (χ1n) is 6.98. The van der Waals surface area contributed by atoms with Crippen LogP contribution in [0.4, 0.5) is 4.79 Å². The summed E-state index contributed by atoms with van der Waals surface area (Å²) in [5.41, 5.74) is 1.30. The molecule has 1 aromatic carbocycles. The first-order chi connectivity index (χ1) is 9.81. The number of methoxy groups -OCH3 is 1. The molecular formula is C16H21NO4. The zero-order valence-electron chi connectivity index (χ0n) is 12.8. The maximum Gasteiger partial charge on any atom is 0.408 e. The zero-order valence-corrected chi connectivity index (χ0v) is 12.8. The number of fused-ring (bicyclic) bond motifs is 1. The van der Waals surface area contributed by atoms with Gasteiger partial charge in [0.2, 0.25) is 0 Å². The zero-order chi connectivity index (χ0) is 15.6. The van der Waals surface area contributed by atoms with Crippen molar-refractivity contribution in [2.45, 2.75) is 44.8 Å². The van der Waals surface area contributed by atoms with Crippen molar-refractivity contribution in [3.8, 4) is 0 Å². The molecule has 0 heterocycles. The highest BCUT2D eigenvalue weighted by molar-refractivity contribution is 5.80. The van der Waals surface area contributed by atoms with E-state index in [-0.39, 0.29) is 17.9 Å². The number of rotatable bonds is 2. The average molecular weight is 291 g/mol. The summed E-state index contributed by atoms with van der Waals surface area (Å²) in [5.74, 6) is -0.623. The fourth-order valence-corrected chi connectivity index (χ4v) is 2.59. The van der Waals surface area contributed by atoms with E-state index in [9.17, 15) is 9.59 Å². The van der Waals surface area contributed by atoms with Crippen molar-refractivity contribution in [3.63, 3.8) is 0 Å². The number of esters is 1. The highest BCUT2D eigenvalue weighted by atomic mass is 16.6. The van der Waals surface area contributed by atoms with Crippen LogP contribution in [0.25, 0.3) is 0 Å². The van der Waals surface area contributed by atoms with Crippen LogP contribution in [0.3, 0.4) is 0 Å². The number of benzene rings is 1. The second kappa shape index (κ2) is 5.76. The van der Waals surface area contributed by atoms with Crippen LogP contribution in [0.5, 0.6) is 0 Å². The van der Waals surface area contributed by atoms with Gasteiger partial charge < -0.3 is 14.8 Å². The van der Waals surface area contributed by atoms with Crippen LogP contribution < -0.4 is 5.32 Å². The fraction of sp³-hybridized carbons (Fsp3) is 0.500. The Hall–Kier alpha value is -2.04. The van der Waals surface area contributed by atoms with Gasteiger partial charge >= 0.3 is 12.1 Å². The van der Waals surface area contributed by atoms with Crippen molar-refractivity contribution in [2.24, 2.45) is 0 Å². The van der Waals surface area contributed by atoms with E-state index in [0.29, 0.717) is 6.42 Å². The van der Waals surface area contributed by atoms with E-state index in [4.69, 9.17) is 9.47 Å². The Bertz CT molecular complexity index is 547. The minimum atomic E-state index is -0.552. The molecule has 0 bridgehead atoms. The molecule has 5 heteroatoms. The standard InChI is InChI=1S/C16H21NO4/c1-16(2,3)21-15(19)17-13-9-12(14(18)20-4)10-7-5-6-8-11(10)13/h5-8,12-13H,9H2,1-4H3,(H,17,19)/t12-,13-/m1/s1. The number of nitrogens with one attached hydrogen (secondary N) is 1. The lowest BCUT2D eigenvalue weighted by atomic mass is 10.0. The van der Waals surface area contributed by atoms with E-state index in [1.807, 2.05) is 45.0 Å². The monoisotopic (exact) mass is 291 g/mol. The molecule has 1 aliphatic rings. The van der Waals surface area contributed by atoms with Crippen LogP contribution >= 0.6 is 0 Å². The van der Waals surface area contributed by atoms with Crippen LogP contribution in [0, 0.1) is 0 Å². The Balaban J connectivity index is 2.16. The molecule has 0 saturated carbocycles. The summed E-state index contributed by atoms with van der Waals surface area (Å²) in [7, 11) is 1.37.